The molecule has 0 aliphatic carbocycles. The maximum atomic E-state index is 13.4. The number of amidine groups is 1. The fraction of sp³-hybridized carbons (Fsp3) is 0.286. The molecule has 15 heteroatoms. The van der Waals surface area contributed by atoms with E-state index in [0.29, 0.717) is 11.2 Å². The summed E-state index contributed by atoms with van der Waals surface area (Å²) in [6.07, 6.45) is 0. The van der Waals surface area contributed by atoms with Crippen molar-refractivity contribution in [3.05, 3.63) is 29.7 Å². The molecule has 0 amide bonds. The van der Waals surface area contributed by atoms with Gasteiger partial charge in [-0.25, -0.2) is 17.4 Å². The van der Waals surface area contributed by atoms with Crippen molar-refractivity contribution >= 4 is 46.6 Å². The highest BCUT2D eigenvalue weighted by Crippen LogP contribution is 2.14. The van der Waals surface area contributed by atoms with Gasteiger partial charge in [-0.3, -0.25) is 0 Å². The van der Waals surface area contributed by atoms with Gasteiger partial charge in [0.1, 0.15) is 13.7 Å². The second-order valence-corrected chi connectivity index (χ2v) is 7.62. The first-order valence-electron chi connectivity index (χ1n) is 8.39. The Morgan fingerprint density at radius 2 is 2.14 bits per heavy atom. The van der Waals surface area contributed by atoms with Crippen molar-refractivity contribution in [3.8, 4) is 0 Å². The lowest BCUT2D eigenvalue weighted by molar-refractivity contribution is 0.305. The van der Waals surface area contributed by atoms with Crippen LogP contribution in [-0.2, 0) is 10.0 Å². The van der Waals surface area contributed by atoms with Gasteiger partial charge in [0.2, 0.25) is 17.6 Å². The summed E-state index contributed by atoms with van der Waals surface area (Å²) in [6, 6.07) is 4.26. The van der Waals surface area contributed by atoms with Gasteiger partial charge in [-0.15, -0.1) is 4.40 Å². The quantitative estimate of drug-likeness (QED) is 0.0822. The average molecular weight is 426 g/mol. The van der Waals surface area contributed by atoms with E-state index in [4.69, 9.17) is 5.73 Å². The molecule has 0 unspecified atom stereocenters. The van der Waals surface area contributed by atoms with Gasteiger partial charge < -0.3 is 26.9 Å². The van der Waals surface area contributed by atoms with Crippen molar-refractivity contribution in [2.45, 2.75) is 6.92 Å². The minimum atomic E-state index is -3.59. The standard InChI is InChI=1S/C14H20BFN8O4S/c1-2-29(26,27)24-14(17)19-6-5-18-12-11(22-28-23-12)13(21-25)20-8-3-4-10(16)9(15)7-8/h3-4,7,25H,2,5-6,15H2,1H3,(H,18,23)(H,20,21)(H3,17,19,24). The summed E-state index contributed by atoms with van der Waals surface area (Å²) < 4.78 is 44.1. The molecule has 0 spiro atoms. The number of sulfonamides is 1. The molecule has 0 aliphatic heterocycles. The van der Waals surface area contributed by atoms with Crippen LogP contribution in [0.1, 0.15) is 12.6 Å². The van der Waals surface area contributed by atoms with Crippen molar-refractivity contribution in [1.82, 2.24) is 15.6 Å². The van der Waals surface area contributed by atoms with Gasteiger partial charge in [0.15, 0.2) is 5.69 Å². The summed E-state index contributed by atoms with van der Waals surface area (Å²) in [4.78, 5) is 0. The van der Waals surface area contributed by atoms with E-state index >= 15 is 0 Å². The summed E-state index contributed by atoms with van der Waals surface area (Å²) in [5.41, 5.74) is 6.44. The highest BCUT2D eigenvalue weighted by Gasteiger charge is 2.17. The van der Waals surface area contributed by atoms with Crippen LogP contribution >= 0.6 is 0 Å². The number of nitrogens with two attached hydrogens (primary N) is 1. The second kappa shape index (κ2) is 9.72. The topological polar surface area (TPSA) is 180 Å². The van der Waals surface area contributed by atoms with E-state index in [1.54, 1.807) is 7.85 Å². The van der Waals surface area contributed by atoms with Crippen LogP contribution in [0.5, 0.6) is 0 Å². The number of nitrogens with zero attached hydrogens (tertiary/aromatic N) is 4. The molecule has 2 aromatic rings. The largest absolute Gasteiger partial charge is 0.409 e. The molecule has 29 heavy (non-hydrogen) atoms. The predicted octanol–water partition coefficient (Wildman–Crippen LogP) is -1.62. The van der Waals surface area contributed by atoms with Crippen molar-refractivity contribution < 1.29 is 22.6 Å². The molecule has 12 nitrogen and oxygen atoms in total. The summed E-state index contributed by atoms with van der Waals surface area (Å²) in [5.74, 6) is -0.694. The SMILES string of the molecule is Bc1cc(N/C(=N\O)c2nonc2NCCN/C(N)=N/S(=O)(=O)CC)ccc1F. The van der Waals surface area contributed by atoms with Gasteiger partial charge in [0.05, 0.1) is 5.75 Å². The molecular weight excluding hydrogens is 406 g/mol. The lowest BCUT2D eigenvalue weighted by Gasteiger charge is -2.09. The molecule has 0 aliphatic rings. The van der Waals surface area contributed by atoms with Gasteiger partial charge in [0, 0.05) is 18.8 Å². The summed E-state index contributed by atoms with van der Waals surface area (Å²) in [7, 11) is -2.00. The highest BCUT2D eigenvalue weighted by molar-refractivity contribution is 7.90. The van der Waals surface area contributed by atoms with Crippen LogP contribution in [0.15, 0.2) is 32.4 Å². The van der Waals surface area contributed by atoms with E-state index < -0.39 is 10.0 Å². The van der Waals surface area contributed by atoms with Crippen LogP contribution in [0.2, 0.25) is 0 Å². The van der Waals surface area contributed by atoms with Crippen molar-refractivity contribution in [2.24, 2.45) is 15.3 Å². The normalized spacial score (nSPS) is 12.6. The lowest BCUT2D eigenvalue weighted by Crippen LogP contribution is -2.36. The molecule has 6 N–H and O–H groups in total. The van der Waals surface area contributed by atoms with Crippen LogP contribution in [-0.4, -0.2) is 62.4 Å². The monoisotopic (exact) mass is 426 g/mol. The van der Waals surface area contributed by atoms with Crippen LogP contribution in [0.25, 0.3) is 0 Å². The summed E-state index contributed by atoms with van der Waals surface area (Å²) >= 11 is 0. The zero-order chi connectivity index (χ0) is 21.4. The Morgan fingerprint density at radius 1 is 1.38 bits per heavy atom. The Bertz CT molecular complexity index is 1010. The molecule has 0 atom stereocenters. The van der Waals surface area contributed by atoms with Crippen molar-refractivity contribution in [3.63, 3.8) is 0 Å². The van der Waals surface area contributed by atoms with E-state index in [2.05, 4.69) is 40.4 Å². The Labute approximate surface area is 166 Å². The molecule has 0 saturated heterocycles. The zero-order valence-corrected chi connectivity index (χ0v) is 16.5. The van der Waals surface area contributed by atoms with Gasteiger partial charge >= 0.3 is 0 Å². The first-order chi connectivity index (χ1) is 13.8. The first-order valence-corrected chi connectivity index (χ1v) is 10.0. The fourth-order valence-corrected chi connectivity index (χ4v) is 2.56. The summed E-state index contributed by atoms with van der Waals surface area (Å²) in [5, 5.41) is 28.1. The number of guanidine groups is 1. The third-order valence-electron chi connectivity index (χ3n) is 3.56. The second-order valence-electron chi connectivity index (χ2n) is 5.70. The molecule has 0 radical (unpaired) electrons. The Kier molecular flexibility index (Phi) is 7.36. The number of rotatable bonds is 8. The Hall–Kier alpha value is -3.36. The van der Waals surface area contributed by atoms with Gasteiger partial charge in [0.25, 0.3) is 10.0 Å². The van der Waals surface area contributed by atoms with Gasteiger partial charge in [-0.2, -0.15) is 0 Å². The Balaban J connectivity index is 1.98. The van der Waals surface area contributed by atoms with E-state index in [9.17, 15) is 18.0 Å². The number of aromatic nitrogens is 2. The number of halogens is 1. The predicted molar refractivity (Wildman–Crippen MR) is 108 cm³/mol. The number of anilines is 2. The molecule has 1 heterocycles. The van der Waals surface area contributed by atoms with E-state index in [0.717, 1.165) is 0 Å². The zero-order valence-electron chi connectivity index (χ0n) is 15.7. The van der Waals surface area contributed by atoms with Crippen molar-refractivity contribution in [1.29, 1.82) is 0 Å². The molecule has 1 aromatic carbocycles. The van der Waals surface area contributed by atoms with Crippen LogP contribution in [0, 0.1) is 5.82 Å². The smallest absolute Gasteiger partial charge is 0.256 e. The molecule has 156 valence electrons. The number of oxime groups is 1. The number of hydrogen-bond donors (Lipinski definition) is 5. The van der Waals surface area contributed by atoms with Gasteiger partial charge in [-0.05, 0) is 35.4 Å². The van der Waals surface area contributed by atoms with Crippen molar-refractivity contribution in [2.75, 3.05) is 29.5 Å². The van der Waals surface area contributed by atoms with Crippen LogP contribution in [0.4, 0.5) is 15.9 Å². The minimum absolute atomic E-state index is 0.0738. The average Bonchev–Trinajstić information content (AvgIpc) is 3.14. The maximum absolute atomic E-state index is 13.4. The first kappa shape index (κ1) is 21.9. The number of benzene rings is 1. The van der Waals surface area contributed by atoms with E-state index in [1.807, 2.05) is 0 Å². The molecule has 1 aromatic heterocycles. The molecule has 0 bridgehead atoms. The third kappa shape index (κ3) is 6.34. The summed E-state index contributed by atoms with van der Waals surface area (Å²) in [6.45, 7) is 1.89. The van der Waals surface area contributed by atoms with Gasteiger partial charge in [-0.1, -0.05) is 10.6 Å². The van der Waals surface area contributed by atoms with Crippen LogP contribution < -0.4 is 27.1 Å². The van der Waals surface area contributed by atoms with E-state index in [-0.39, 0.29) is 48.0 Å². The minimum Gasteiger partial charge on any atom is -0.409 e. The van der Waals surface area contributed by atoms with Crippen LogP contribution in [0.3, 0.4) is 0 Å². The maximum Gasteiger partial charge on any atom is 0.256 e. The molecule has 2 rings (SSSR count). The highest BCUT2D eigenvalue weighted by atomic mass is 32.2. The van der Waals surface area contributed by atoms with E-state index in [1.165, 1.54) is 25.1 Å². The Morgan fingerprint density at radius 3 is 2.79 bits per heavy atom. The molecular formula is C14H20BFN8O4S. The third-order valence-corrected chi connectivity index (χ3v) is 4.76. The molecule has 0 saturated carbocycles. The molecule has 0 fully saturated rings. The lowest BCUT2D eigenvalue weighted by atomic mass is 9.95. The number of hydrogen-bond acceptors (Lipinski definition) is 8. The number of nitrogens with one attached hydrogen (secondary N) is 3. The fourth-order valence-electron chi connectivity index (χ4n) is 2.07.